The SMILES string of the molecule is CC.CC.CCOP(=O)(O)C(=O)O.COC1CC(n2cnc3c(=O)[nH]c(N)nc32)OC1CO. The Hall–Kier alpha value is -2.35. The largest absolute Gasteiger partial charge is 0.472 e. The second kappa shape index (κ2) is 14.7. The third-order valence-electron chi connectivity index (χ3n) is 3.97. The first-order valence-electron chi connectivity index (χ1n) is 10.4. The number of aliphatic hydroxyl groups is 1. The van der Waals surface area contributed by atoms with Crippen LogP contribution in [0.1, 0.15) is 47.3 Å². The van der Waals surface area contributed by atoms with Crippen molar-refractivity contribution in [3.05, 3.63) is 16.7 Å². The molecule has 0 spiro atoms. The Balaban J connectivity index is 0.000000669. The van der Waals surface area contributed by atoms with Crippen LogP contribution in [-0.2, 0) is 18.6 Å². The zero-order chi connectivity index (χ0) is 25.8. The van der Waals surface area contributed by atoms with E-state index >= 15 is 0 Å². The van der Waals surface area contributed by atoms with Gasteiger partial charge in [-0.15, -0.1) is 0 Å². The number of nitrogen functional groups attached to an aromatic ring is 1. The number of nitrogens with zero attached hydrogens (tertiary/aromatic N) is 3. The van der Waals surface area contributed by atoms with E-state index < -0.39 is 31.2 Å². The second-order valence-electron chi connectivity index (χ2n) is 5.82. The van der Waals surface area contributed by atoms with Crippen LogP contribution in [0.25, 0.3) is 11.2 Å². The molecular weight excluding hydrogens is 461 g/mol. The topological polar surface area (TPSA) is 212 Å². The number of aliphatic hydroxyl groups excluding tert-OH is 1. The molecule has 0 bridgehead atoms. The fourth-order valence-electron chi connectivity index (χ4n) is 2.67. The number of H-pyrrole nitrogens is 1. The molecule has 33 heavy (non-hydrogen) atoms. The Morgan fingerprint density at radius 3 is 2.42 bits per heavy atom. The van der Waals surface area contributed by atoms with Gasteiger partial charge in [0.2, 0.25) is 5.95 Å². The molecule has 0 saturated carbocycles. The summed E-state index contributed by atoms with van der Waals surface area (Å²) in [5.41, 5.74) is 3.88. The monoisotopic (exact) mass is 495 g/mol. The summed E-state index contributed by atoms with van der Waals surface area (Å²) < 4.78 is 26.8. The number of carbonyl (C=O) groups is 1. The number of nitrogens with two attached hydrogens (primary N) is 1. The number of anilines is 1. The van der Waals surface area contributed by atoms with Crippen molar-refractivity contribution in [1.29, 1.82) is 0 Å². The molecule has 2 aromatic rings. The number of hydrogen-bond acceptors (Lipinski definition) is 10. The van der Waals surface area contributed by atoms with Gasteiger partial charge in [-0.2, -0.15) is 4.98 Å². The van der Waals surface area contributed by atoms with Crippen LogP contribution in [0.4, 0.5) is 10.7 Å². The number of carboxylic acid groups (broad SMARTS) is 1. The van der Waals surface area contributed by atoms with Crippen LogP contribution in [-0.4, -0.2) is 72.9 Å². The molecule has 4 unspecified atom stereocenters. The first kappa shape index (κ1) is 30.6. The molecule has 15 heteroatoms. The van der Waals surface area contributed by atoms with Crippen LogP contribution < -0.4 is 11.3 Å². The van der Waals surface area contributed by atoms with Crippen molar-refractivity contribution in [2.24, 2.45) is 0 Å². The third-order valence-corrected chi connectivity index (χ3v) is 5.06. The van der Waals surface area contributed by atoms with Gasteiger partial charge >= 0.3 is 13.3 Å². The van der Waals surface area contributed by atoms with E-state index in [1.165, 1.54) is 13.3 Å². The molecule has 3 rings (SSSR count). The van der Waals surface area contributed by atoms with Crippen LogP contribution >= 0.6 is 7.60 Å². The molecule has 0 radical (unpaired) electrons. The average molecular weight is 495 g/mol. The third kappa shape index (κ3) is 8.18. The highest BCUT2D eigenvalue weighted by Crippen LogP contribution is 2.41. The number of imidazole rings is 1. The summed E-state index contributed by atoms with van der Waals surface area (Å²) in [4.78, 5) is 40.3. The van der Waals surface area contributed by atoms with E-state index in [0.717, 1.165) is 0 Å². The molecule has 1 aliphatic heterocycles. The highest BCUT2D eigenvalue weighted by Gasteiger charge is 2.36. The molecule has 2 aromatic heterocycles. The summed E-state index contributed by atoms with van der Waals surface area (Å²) in [6.07, 6.45) is 0.963. The standard InChI is InChI=1S/C11H15N5O4.C3H7O5P.2C2H6/c1-19-5-2-7(20-6(5)3-17)16-4-13-8-9(16)14-11(12)15-10(8)18;1-2-8-9(6,7)3(4)5;2*1-2/h4-7,17H,2-3H2,1H3,(H3,12,14,15,18);2H2,1H3,(H,4,5)(H,6,7);2*1-2H3. The quantitative estimate of drug-likeness (QED) is 0.364. The van der Waals surface area contributed by atoms with E-state index in [4.69, 9.17) is 25.2 Å². The summed E-state index contributed by atoms with van der Waals surface area (Å²) in [6, 6.07) is 0. The van der Waals surface area contributed by atoms with E-state index in [-0.39, 0.29) is 30.8 Å². The lowest BCUT2D eigenvalue weighted by molar-refractivity contribution is -0.0512. The molecule has 14 nitrogen and oxygen atoms in total. The Kier molecular flexibility index (Phi) is 13.7. The smallest absolute Gasteiger partial charge is 0.435 e. The highest BCUT2D eigenvalue weighted by atomic mass is 31.2. The molecule has 1 saturated heterocycles. The minimum absolute atomic E-state index is 0.0178. The van der Waals surface area contributed by atoms with Crippen LogP contribution in [0.2, 0.25) is 0 Å². The minimum atomic E-state index is -4.35. The summed E-state index contributed by atoms with van der Waals surface area (Å²) in [6.45, 7) is 9.21. The molecule has 6 N–H and O–H groups in total. The van der Waals surface area contributed by atoms with E-state index in [0.29, 0.717) is 12.1 Å². The molecule has 190 valence electrons. The van der Waals surface area contributed by atoms with Crippen LogP contribution in [0.5, 0.6) is 0 Å². The summed E-state index contributed by atoms with van der Waals surface area (Å²) >= 11 is 0. The highest BCUT2D eigenvalue weighted by molar-refractivity contribution is 7.70. The van der Waals surface area contributed by atoms with Crippen molar-refractivity contribution in [3.8, 4) is 0 Å². The van der Waals surface area contributed by atoms with Gasteiger partial charge in [-0.3, -0.25) is 14.3 Å². The first-order chi connectivity index (χ1) is 15.6. The fourth-order valence-corrected chi connectivity index (χ4v) is 3.13. The minimum Gasteiger partial charge on any atom is -0.472 e. The van der Waals surface area contributed by atoms with Crippen molar-refractivity contribution in [2.45, 2.75) is 59.5 Å². The Morgan fingerprint density at radius 2 is 2.00 bits per heavy atom. The summed E-state index contributed by atoms with van der Waals surface area (Å²) in [5.74, 6) is 0.0178. The zero-order valence-corrected chi connectivity index (χ0v) is 20.5. The van der Waals surface area contributed by atoms with Gasteiger partial charge in [0.15, 0.2) is 11.2 Å². The van der Waals surface area contributed by atoms with Gasteiger partial charge < -0.3 is 34.8 Å². The lowest BCUT2D eigenvalue weighted by Gasteiger charge is -2.14. The van der Waals surface area contributed by atoms with Gasteiger partial charge in [-0.1, -0.05) is 27.7 Å². The van der Waals surface area contributed by atoms with Crippen molar-refractivity contribution in [2.75, 3.05) is 26.1 Å². The Labute approximate surface area is 191 Å². The van der Waals surface area contributed by atoms with Crippen LogP contribution in [0.15, 0.2) is 11.1 Å². The average Bonchev–Trinajstić information content (AvgIpc) is 3.40. The number of ether oxygens (including phenoxy) is 2. The van der Waals surface area contributed by atoms with Gasteiger partial charge in [-0.25, -0.2) is 14.3 Å². The van der Waals surface area contributed by atoms with E-state index in [1.807, 2.05) is 27.7 Å². The number of methoxy groups -OCH3 is 1. The molecule has 1 fully saturated rings. The lowest BCUT2D eigenvalue weighted by atomic mass is 10.2. The lowest BCUT2D eigenvalue weighted by Crippen LogP contribution is -2.26. The van der Waals surface area contributed by atoms with Crippen molar-refractivity contribution < 1.29 is 38.5 Å². The number of hydrogen-bond donors (Lipinski definition) is 5. The molecule has 0 aromatic carbocycles. The van der Waals surface area contributed by atoms with E-state index in [1.54, 1.807) is 11.7 Å². The van der Waals surface area contributed by atoms with Gasteiger partial charge in [0.25, 0.3) is 5.56 Å². The normalized spacial score (nSPS) is 20.9. The maximum atomic E-state index is 11.7. The Morgan fingerprint density at radius 1 is 1.39 bits per heavy atom. The van der Waals surface area contributed by atoms with E-state index in [2.05, 4.69) is 19.5 Å². The maximum Gasteiger partial charge on any atom is 0.435 e. The van der Waals surface area contributed by atoms with E-state index in [9.17, 15) is 19.3 Å². The number of nitrogens with one attached hydrogen (secondary N) is 1. The molecular formula is C18H34N5O9P. The van der Waals surface area contributed by atoms with Crippen LogP contribution in [0, 0.1) is 0 Å². The van der Waals surface area contributed by atoms with Gasteiger partial charge in [0, 0.05) is 13.5 Å². The van der Waals surface area contributed by atoms with Crippen molar-refractivity contribution >= 4 is 30.4 Å². The first-order valence-corrected chi connectivity index (χ1v) is 11.9. The molecule has 0 amide bonds. The second-order valence-corrected chi connectivity index (χ2v) is 7.50. The maximum absolute atomic E-state index is 11.7. The summed E-state index contributed by atoms with van der Waals surface area (Å²) in [5, 5.41) is 17.2. The van der Waals surface area contributed by atoms with Gasteiger partial charge in [-0.05, 0) is 6.92 Å². The van der Waals surface area contributed by atoms with Crippen molar-refractivity contribution in [1.82, 2.24) is 19.5 Å². The predicted molar refractivity (Wildman–Crippen MR) is 121 cm³/mol. The summed E-state index contributed by atoms with van der Waals surface area (Å²) in [7, 11) is -2.79. The number of fused-ring (bicyclic) bond motifs is 1. The number of aromatic amines is 1. The molecule has 3 heterocycles. The Bertz CT molecular complexity index is 952. The molecule has 0 aliphatic carbocycles. The molecule has 1 aliphatic rings. The number of rotatable bonds is 6. The number of aromatic nitrogens is 4. The van der Waals surface area contributed by atoms with Gasteiger partial charge in [0.1, 0.15) is 12.3 Å². The predicted octanol–water partition coefficient (Wildman–Crippen LogP) is 1.94. The molecule has 4 atom stereocenters. The van der Waals surface area contributed by atoms with Crippen molar-refractivity contribution in [3.63, 3.8) is 0 Å². The van der Waals surface area contributed by atoms with Gasteiger partial charge in [0.05, 0.1) is 25.6 Å². The van der Waals surface area contributed by atoms with Crippen LogP contribution in [0.3, 0.4) is 0 Å². The fraction of sp³-hybridized carbons (Fsp3) is 0.667. The zero-order valence-electron chi connectivity index (χ0n) is 19.6.